The third-order valence-electron chi connectivity index (χ3n) is 7.53. The molecule has 2 aliphatic rings. The molecule has 2 aliphatic heterocycles. The zero-order valence-electron chi connectivity index (χ0n) is 22.9. The normalized spacial score (nSPS) is 19.5. The number of amides is 1. The van der Waals surface area contributed by atoms with Crippen LogP contribution in [0.2, 0.25) is 0 Å². The number of nitrogens with one attached hydrogen (secondary N) is 1. The van der Waals surface area contributed by atoms with Crippen molar-refractivity contribution in [2.24, 2.45) is 0 Å². The molecule has 9 nitrogen and oxygen atoms in total. The van der Waals surface area contributed by atoms with E-state index in [1.54, 1.807) is 19.1 Å². The number of hydrogen-bond acceptors (Lipinski definition) is 8. The largest absolute Gasteiger partial charge is 0.416 e. The SMILES string of the molecule is CCS(=O)(=O)c1ccc(CNC(=O)c2cnc(N3CC(c4ccc(C(F)(F)F)cc4)C[C@H]3COC3COC3)nc2)cc1. The first kappa shape index (κ1) is 29.9. The third kappa shape index (κ3) is 6.90. The van der Waals surface area contributed by atoms with Crippen LogP contribution in [0.25, 0.3) is 0 Å². The van der Waals surface area contributed by atoms with Gasteiger partial charge in [0.25, 0.3) is 5.91 Å². The number of benzene rings is 2. The van der Waals surface area contributed by atoms with Gasteiger partial charge in [-0.05, 0) is 41.8 Å². The number of anilines is 1. The summed E-state index contributed by atoms with van der Waals surface area (Å²) in [6.45, 7) is 3.69. The Hall–Kier alpha value is -3.55. The van der Waals surface area contributed by atoms with Crippen LogP contribution in [0.1, 0.15) is 46.3 Å². The van der Waals surface area contributed by atoms with E-state index in [9.17, 15) is 26.4 Å². The van der Waals surface area contributed by atoms with E-state index in [0.29, 0.717) is 38.7 Å². The summed E-state index contributed by atoms with van der Waals surface area (Å²) >= 11 is 0. The van der Waals surface area contributed by atoms with E-state index < -0.39 is 21.6 Å². The Morgan fingerprint density at radius 3 is 2.31 bits per heavy atom. The minimum absolute atomic E-state index is 0.00939. The van der Waals surface area contributed by atoms with Gasteiger partial charge in [0.2, 0.25) is 5.95 Å². The van der Waals surface area contributed by atoms with Crippen LogP contribution >= 0.6 is 0 Å². The van der Waals surface area contributed by atoms with E-state index >= 15 is 0 Å². The van der Waals surface area contributed by atoms with Gasteiger partial charge in [0.1, 0.15) is 6.10 Å². The van der Waals surface area contributed by atoms with Crippen molar-refractivity contribution in [3.63, 3.8) is 0 Å². The van der Waals surface area contributed by atoms with Crippen molar-refractivity contribution in [2.75, 3.05) is 37.0 Å². The molecule has 42 heavy (non-hydrogen) atoms. The molecule has 1 N–H and O–H groups in total. The monoisotopic (exact) mass is 604 g/mol. The van der Waals surface area contributed by atoms with Gasteiger partial charge in [-0.2, -0.15) is 13.2 Å². The highest BCUT2D eigenvalue weighted by molar-refractivity contribution is 7.91. The van der Waals surface area contributed by atoms with Crippen molar-refractivity contribution in [1.29, 1.82) is 0 Å². The summed E-state index contributed by atoms with van der Waals surface area (Å²) in [5.41, 5.74) is 1.09. The fourth-order valence-corrected chi connectivity index (χ4v) is 5.80. The zero-order valence-corrected chi connectivity index (χ0v) is 23.7. The van der Waals surface area contributed by atoms with Gasteiger partial charge in [-0.15, -0.1) is 0 Å². The quantitative estimate of drug-likeness (QED) is 0.370. The zero-order chi connectivity index (χ0) is 29.9. The van der Waals surface area contributed by atoms with Crippen LogP contribution in [0.15, 0.2) is 65.8 Å². The highest BCUT2D eigenvalue weighted by Gasteiger charge is 2.37. The molecule has 3 aromatic rings. The number of aromatic nitrogens is 2. The van der Waals surface area contributed by atoms with Gasteiger partial charge in [0, 0.05) is 31.4 Å². The number of carbonyl (C=O) groups excluding carboxylic acids is 1. The van der Waals surface area contributed by atoms with Crippen LogP contribution in [0.5, 0.6) is 0 Å². The number of carbonyl (C=O) groups is 1. The second-order valence-corrected chi connectivity index (χ2v) is 12.6. The van der Waals surface area contributed by atoms with E-state index in [1.807, 2.05) is 4.90 Å². The van der Waals surface area contributed by atoms with Crippen molar-refractivity contribution in [1.82, 2.24) is 15.3 Å². The van der Waals surface area contributed by atoms with Crippen LogP contribution in [-0.4, -0.2) is 68.6 Å². The molecular formula is C29H31F3N4O5S. The molecule has 1 amide bonds. The second-order valence-electron chi connectivity index (χ2n) is 10.4. The molecule has 2 aromatic carbocycles. The molecule has 2 fully saturated rings. The van der Waals surface area contributed by atoms with E-state index in [1.165, 1.54) is 36.7 Å². The fourth-order valence-electron chi connectivity index (χ4n) is 4.92. The number of sulfone groups is 1. The summed E-state index contributed by atoms with van der Waals surface area (Å²) in [6.07, 6.45) is -0.888. The van der Waals surface area contributed by atoms with E-state index in [0.717, 1.165) is 23.3 Å². The minimum Gasteiger partial charge on any atom is -0.376 e. The maximum absolute atomic E-state index is 13.0. The van der Waals surface area contributed by atoms with Crippen molar-refractivity contribution in [3.8, 4) is 0 Å². The maximum atomic E-state index is 13.0. The predicted octanol–water partition coefficient (Wildman–Crippen LogP) is 4.00. The van der Waals surface area contributed by atoms with Crippen LogP contribution in [0, 0.1) is 0 Å². The first-order chi connectivity index (χ1) is 20.0. The number of alkyl halides is 3. The fraction of sp³-hybridized carbons (Fsp3) is 0.414. The Bertz CT molecular complexity index is 1480. The lowest BCUT2D eigenvalue weighted by atomic mass is 9.95. The molecule has 0 aliphatic carbocycles. The smallest absolute Gasteiger partial charge is 0.376 e. The summed E-state index contributed by atoms with van der Waals surface area (Å²) in [6, 6.07) is 11.5. The van der Waals surface area contributed by atoms with Crippen molar-refractivity contribution < 1.29 is 35.9 Å². The van der Waals surface area contributed by atoms with Gasteiger partial charge in [-0.25, -0.2) is 18.4 Å². The van der Waals surface area contributed by atoms with Crippen molar-refractivity contribution in [3.05, 3.63) is 83.2 Å². The van der Waals surface area contributed by atoms with Gasteiger partial charge >= 0.3 is 6.18 Å². The first-order valence-electron chi connectivity index (χ1n) is 13.6. The Balaban J connectivity index is 1.24. The molecule has 0 radical (unpaired) electrons. The van der Waals surface area contributed by atoms with Gasteiger partial charge in [0.15, 0.2) is 9.84 Å². The molecule has 3 heterocycles. The maximum Gasteiger partial charge on any atom is 0.416 e. The molecule has 1 aromatic heterocycles. The van der Waals surface area contributed by atoms with E-state index in [4.69, 9.17) is 9.47 Å². The molecule has 2 atom stereocenters. The summed E-state index contributed by atoms with van der Waals surface area (Å²) in [5.74, 6) is -0.0354. The van der Waals surface area contributed by atoms with Gasteiger partial charge < -0.3 is 19.7 Å². The molecule has 0 spiro atoms. The van der Waals surface area contributed by atoms with Crippen molar-refractivity contribution in [2.45, 2.75) is 49.0 Å². The molecule has 2 saturated heterocycles. The van der Waals surface area contributed by atoms with Gasteiger partial charge in [-0.3, -0.25) is 4.79 Å². The molecular weight excluding hydrogens is 573 g/mol. The number of hydrogen-bond donors (Lipinski definition) is 1. The average molecular weight is 605 g/mol. The Kier molecular flexibility index (Phi) is 8.81. The van der Waals surface area contributed by atoms with Crippen LogP contribution in [0.3, 0.4) is 0 Å². The number of nitrogens with zero attached hydrogens (tertiary/aromatic N) is 3. The first-order valence-corrected chi connectivity index (χ1v) is 15.2. The van der Waals surface area contributed by atoms with Crippen molar-refractivity contribution >= 4 is 21.7 Å². The van der Waals surface area contributed by atoms with Gasteiger partial charge in [-0.1, -0.05) is 31.2 Å². The third-order valence-corrected chi connectivity index (χ3v) is 9.28. The molecule has 5 rings (SSSR count). The van der Waals surface area contributed by atoms with Crippen LogP contribution < -0.4 is 10.2 Å². The van der Waals surface area contributed by atoms with Gasteiger partial charge in [0.05, 0.1) is 47.6 Å². The van der Waals surface area contributed by atoms with Crippen LogP contribution in [-0.2, 0) is 32.0 Å². The average Bonchev–Trinajstić information content (AvgIpc) is 3.39. The Labute approximate surface area is 242 Å². The Morgan fingerprint density at radius 1 is 1.07 bits per heavy atom. The predicted molar refractivity (Wildman–Crippen MR) is 148 cm³/mol. The highest BCUT2D eigenvalue weighted by atomic mass is 32.2. The molecule has 224 valence electrons. The molecule has 13 heteroatoms. The summed E-state index contributed by atoms with van der Waals surface area (Å²) < 4.78 is 74.3. The minimum atomic E-state index is -4.40. The van der Waals surface area contributed by atoms with Crippen LogP contribution in [0.4, 0.5) is 19.1 Å². The lowest BCUT2D eigenvalue weighted by Crippen LogP contribution is -2.41. The molecule has 0 saturated carbocycles. The number of rotatable bonds is 10. The van der Waals surface area contributed by atoms with E-state index in [-0.39, 0.29) is 46.7 Å². The molecule has 1 unspecified atom stereocenters. The second kappa shape index (κ2) is 12.4. The summed E-state index contributed by atoms with van der Waals surface area (Å²) in [5, 5.41) is 2.78. The van der Waals surface area contributed by atoms with E-state index in [2.05, 4.69) is 15.3 Å². The highest BCUT2D eigenvalue weighted by Crippen LogP contribution is 2.36. The lowest BCUT2D eigenvalue weighted by molar-refractivity contribution is -0.137. The summed E-state index contributed by atoms with van der Waals surface area (Å²) in [7, 11) is -3.30. The number of ether oxygens (including phenoxy) is 2. The Morgan fingerprint density at radius 2 is 1.74 bits per heavy atom. The summed E-state index contributed by atoms with van der Waals surface area (Å²) in [4.78, 5) is 23.8. The topological polar surface area (TPSA) is 111 Å². The lowest BCUT2D eigenvalue weighted by Gasteiger charge is -2.30. The molecule has 0 bridgehead atoms. The number of halogens is 3. The standard InChI is InChI=1S/C29H31F3N4O5S/c1-2-42(38,39)26-9-3-19(4-10-26)12-33-27(37)22-13-34-28(35-14-22)36-15-21(11-24(36)16-41-25-17-40-18-25)20-5-7-23(8-6-20)29(30,31)32/h3-10,13-14,21,24-25H,2,11-12,15-18H2,1H3,(H,33,37)/t21?,24-/m0/s1.